The zero-order valence-corrected chi connectivity index (χ0v) is 13.4. The highest BCUT2D eigenvalue weighted by molar-refractivity contribution is 7.13. The molecule has 8 nitrogen and oxygen atoms in total. The molecule has 0 bridgehead atoms. The van der Waals surface area contributed by atoms with Crippen LogP contribution in [-0.2, 0) is 11.2 Å². The fourth-order valence-corrected chi connectivity index (χ4v) is 2.75. The predicted molar refractivity (Wildman–Crippen MR) is 84.0 cm³/mol. The minimum absolute atomic E-state index is 0.0882. The number of aliphatic hydroxyl groups is 1. The summed E-state index contributed by atoms with van der Waals surface area (Å²) in [5.41, 5.74) is 0.606. The lowest BCUT2D eigenvalue weighted by atomic mass is 10.3. The second-order valence-electron chi connectivity index (χ2n) is 5.11. The number of amides is 3. The molecule has 0 radical (unpaired) electrons. The molecule has 22 heavy (non-hydrogen) atoms. The number of nitrogens with one attached hydrogen (secondary N) is 2. The van der Waals surface area contributed by atoms with Crippen molar-refractivity contribution in [3.8, 4) is 0 Å². The molecule has 3 amide bonds. The van der Waals surface area contributed by atoms with Crippen molar-refractivity contribution in [2.75, 3.05) is 51.7 Å². The van der Waals surface area contributed by atoms with Crippen LogP contribution in [-0.4, -0.2) is 78.2 Å². The Labute approximate surface area is 133 Å². The van der Waals surface area contributed by atoms with E-state index in [1.54, 1.807) is 10.3 Å². The number of aromatic nitrogens is 1. The minimum Gasteiger partial charge on any atom is -0.395 e. The van der Waals surface area contributed by atoms with Gasteiger partial charge in [0.2, 0.25) is 5.91 Å². The quantitative estimate of drug-likeness (QED) is 0.682. The van der Waals surface area contributed by atoms with E-state index in [0.717, 1.165) is 13.1 Å². The van der Waals surface area contributed by atoms with Gasteiger partial charge in [0.15, 0.2) is 5.13 Å². The van der Waals surface area contributed by atoms with E-state index in [2.05, 4.69) is 20.5 Å². The van der Waals surface area contributed by atoms with Crippen LogP contribution in [0.2, 0.25) is 0 Å². The number of piperazine rings is 1. The molecular weight excluding hydrogens is 306 g/mol. The number of anilines is 1. The molecule has 1 aromatic heterocycles. The molecule has 0 spiro atoms. The van der Waals surface area contributed by atoms with E-state index < -0.39 is 0 Å². The Hall–Kier alpha value is -1.71. The molecule has 0 aromatic carbocycles. The monoisotopic (exact) mass is 327 g/mol. The molecule has 3 N–H and O–H groups in total. The van der Waals surface area contributed by atoms with E-state index in [0.29, 0.717) is 23.9 Å². The van der Waals surface area contributed by atoms with Crippen molar-refractivity contribution in [1.29, 1.82) is 0 Å². The van der Waals surface area contributed by atoms with Crippen molar-refractivity contribution in [3.63, 3.8) is 0 Å². The van der Waals surface area contributed by atoms with Crippen LogP contribution >= 0.6 is 11.3 Å². The van der Waals surface area contributed by atoms with Crippen molar-refractivity contribution >= 4 is 28.4 Å². The van der Waals surface area contributed by atoms with Crippen LogP contribution in [0.1, 0.15) is 5.69 Å². The lowest BCUT2D eigenvalue weighted by Gasteiger charge is -2.32. The zero-order valence-electron chi connectivity index (χ0n) is 12.5. The molecule has 1 aromatic rings. The van der Waals surface area contributed by atoms with Crippen LogP contribution in [0.15, 0.2) is 5.38 Å². The number of carbonyl (C=O) groups excluding carboxylic acids is 2. The number of hydrogen-bond acceptors (Lipinski definition) is 6. The summed E-state index contributed by atoms with van der Waals surface area (Å²) in [5, 5.41) is 16.2. The molecular formula is C13H21N5O3S. The first-order chi connectivity index (χ1) is 10.6. The van der Waals surface area contributed by atoms with Crippen LogP contribution in [0.3, 0.4) is 0 Å². The number of urea groups is 1. The molecule has 2 rings (SSSR count). The maximum atomic E-state index is 12.1. The molecule has 2 heterocycles. The summed E-state index contributed by atoms with van der Waals surface area (Å²) in [6.07, 6.45) is 0.140. The summed E-state index contributed by atoms with van der Waals surface area (Å²) in [5.74, 6) is -0.198. The summed E-state index contributed by atoms with van der Waals surface area (Å²) in [7, 11) is 2.03. The first kappa shape index (κ1) is 16.7. The standard InChI is InChI=1S/C13H21N5O3S/c1-17-3-5-18(6-4-17)13(21)16-12-15-10(9-22-12)8-11(20)14-2-7-19/h9,19H,2-8H2,1H3,(H,14,20)(H,15,16,21). The molecule has 1 fully saturated rings. The van der Waals surface area contributed by atoms with Crippen LogP contribution in [0.25, 0.3) is 0 Å². The first-order valence-corrected chi connectivity index (χ1v) is 8.03. The van der Waals surface area contributed by atoms with Gasteiger partial charge in [0.25, 0.3) is 0 Å². The Bertz CT molecular complexity index is 514. The van der Waals surface area contributed by atoms with E-state index >= 15 is 0 Å². The van der Waals surface area contributed by atoms with Gasteiger partial charge < -0.3 is 20.2 Å². The van der Waals surface area contributed by atoms with Crippen LogP contribution in [0.5, 0.6) is 0 Å². The number of thiazole rings is 1. The van der Waals surface area contributed by atoms with E-state index in [4.69, 9.17) is 5.11 Å². The topological polar surface area (TPSA) is 97.8 Å². The number of aliphatic hydroxyl groups excluding tert-OH is 1. The van der Waals surface area contributed by atoms with Gasteiger partial charge in [-0.1, -0.05) is 0 Å². The molecule has 1 saturated heterocycles. The second-order valence-corrected chi connectivity index (χ2v) is 5.97. The molecule has 0 saturated carbocycles. The smallest absolute Gasteiger partial charge is 0.323 e. The third-order valence-corrected chi connectivity index (χ3v) is 4.14. The summed E-state index contributed by atoms with van der Waals surface area (Å²) in [6, 6.07) is -0.154. The Kier molecular flexibility index (Phi) is 6.10. The molecule has 0 atom stereocenters. The zero-order chi connectivity index (χ0) is 15.9. The molecule has 0 aliphatic carbocycles. The van der Waals surface area contributed by atoms with Crippen molar-refractivity contribution in [2.45, 2.75) is 6.42 Å². The Balaban J connectivity index is 1.81. The highest BCUT2D eigenvalue weighted by atomic mass is 32.1. The van der Waals surface area contributed by atoms with Gasteiger partial charge in [0.1, 0.15) is 0 Å². The van der Waals surface area contributed by atoms with Gasteiger partial charge in [-0.15, -0.1) is 11.3 Å². The van der Waals surface area contributed by atoms with Crippen molar-refractivity contribution in [1.82, 2.24) is 20.1 Å². The highest BCUT2D eigenvalue weighted by Gasteiger charge is 2.19. The van der Waals surface area contributed by atoms with Gasteiger partial charge in [0.05, 0.1) is 18.7 Å². The third-order valence-electron chi connectivity index (χ3n) is 3.33. The molecule has 0 unspecified atom stereocenters. The van der Waals surface area contributed by atoms with Crippen LogP contribution < -0.4 is 10.6 Å². The Morgan fingerprint density at radius 1 is 1.36 bits per heavy atom. The fourth-order valence-electron chi connectivity index (χ4n) is 2.05. The summed E-state index contributed by atoms with van der Waals surface area (Å²) in [4.78, 5) is 31.8. The molecule has 9 heteroatoms. The number of likely N-dealkylation sites (N-methyl/N-ethyl adjacent to an activating group) is 1. The maximum absolute atomic E-state index is 12.1. The van der Waals surface area contributed by atoms with Gasteiger partial charge in [-0.05, 0) is 7.05 Å². The largest absolute Gasteiger partial charge is 0.395 e. The first-order valence-electron chi connectivity index (χ1n) is 7.15. The van der Waals surface area contributed by atoms with Gasteiger partial charge >= 0.3 is 6.03 Å². The number of carbonyl (C=O) groups is 2. The SMILES string of the molecule is CN1CCN(C(=O)Nc2nc(CC(=O)NCCO)cs2)CC1. The van der Waals surface area contributed by atoms with Crippen molar-refractivity contribution < 1.29 is 14.7 Å². The lowest BCUT2D eigenvalue weighted by molar-refractivity contribution is -0.120. The second kappa shape index (κ2) is 8.06. The molecule has 1 aliphatic heterocycles. The third kappa shape index (κ3) is 4.93. The van der Waals surface area contributed by atoms with E-state index in [1.807, 2.05) is 7.05 Å². The van der Waals surface area contributed by atoms with Gasteiger partial charge in [-0.25, -0.2) is 9.78 Å². The van der Waals surface area contributed by atoms with Crippen LogP contribution in [0, 0.1) is 0 Å². The number of hydrogen-bond donors (Lipinski definition) is 3. The molecule has 1 aliphatic rings. The maximum Gasteiger partial charge on any atom is 0.323 e. The van der Waals surface area contributed by atoms with Crippen molar-refractivity contribution in [2.24, 2.45) is 0 Å². The Morgan fingerprint density at radius 2 is 2.09 bits per heavy atom. The fraction of sp³-hybridized carbons (Fsp3) is 0.615. The Morgan fingerprint density at radius 3 is 2.77 bits per heavy atom. The average Bonchev–Trinajstić information content (AvgIpc) is 2.92. The summed E-state index contributed by atoms with van der Waals surface area (Å²) >= 11 is 1.30. The number of rotatable bonds is 5. The van der Waals surface area contributed by atoms with E-state index in [1.165, 1.54) is 11.3 Å². The molecule has 122 valence electrons. The van der Waals surface area contributed by atoms with E-state index in [9.17, 15) is 9.59 Å². The average molecular weight is 327 g/mol. The highest BCUT2D eigenvalue weighted by Crippen LogP contribution is 2.16. The predicted octanol–water partition coefficient (Wildman–Crippen LogP) is -0.427. The number of nitrogens with zero attached hydrogens (tertiary/aromatic N) is 3. The minimum atomic E-state index is -0.198. The van der Waals surface area contributed by atoms with Gasteiger partial charge in [0, 0.05) is 38.1 Å². The van der Waals surface area contributed by atoms with Gasteiger partial charge in [-0.3, -0.25) is 10.1 Å². The van der Waals surface area contributed by atoms with Crippen LogP contribution in [0.4, 0.5) is 9.93 Å². The lowest BCUT2D eigenvalue weighted by Crippen LogP contribution is -2.48. The van der Waals surface area contributed by atoms with Crippen molar-refractivity contribution in [3.05, 3.63) is 11.1 Å². The van der Waals surface area contributed by atoms with E-state index in [-0.39, 0.29) is 31.5 Å². The normalized spacial score (nSPS) is 15.6. The summed E-state index contributed by atoms with van der Waals surface area (Å²) in [6.45, 7) is 3.27. The van der Waals surface area contributed by atoms with Gasteiger partial charge in [-0.2, -0.15) is 0 Å². The summed E-state index contributed by atoms with van der Waals surface area (Å²) < 4.78 is 0.